The van der Waals surface area contributed by atoms with Crippen molar-refractivity contribution in [2.75, 3.05) is 18.5 Å². The summed E-state index contributed by atoms with van der Waals surface area (Å²) in [5.74, 6) is -2.89. The van der Waals surface area contributed by atoms with Gasteiger partial charge in [-0.3, -0.25) is 4.79 Å². The lowest BCUT2D eigenvalue weighted by Gasteiger charge is -2.18. The second-order valence-electron chi connectivity index (χ2n) is 3.45. The highest BCUT2D eigenvalue weighted by molar-refractivity contribution is 7.80. The molecule has 4 N–H and O–H groups in total. The number of nitrogens with two attached hydrogens (primary N) is 2. The first-order valence-corrected chi connectivity index (χ1v) is 5.02. The highest BCUT2D eigenvalue weighted by Crippen LogP contribution is 2.23. The van der Waals surface area contributed by atoms with Gasteiger partial charge >= 0.3 is 0 Å². The Morgan fingerprint density at radius 1 is 1.35 bits per heavy atom. The Bertz CT molecular complexity index is 479. The summed E-state index contributed by atoms with van der Waals surface area (Å²) in [7, 11) is 1.42. The van der Waals surface area contributed by atoms with Gasteiger partial charge in [0.1, 0.15) is 4.99 Å². The topological polar surface area (TPSA) is 72.3 Å². The second kappa shape index (κ2) is 5.05. The van der Waals surface area contributed by atoms with Crippen molar-refractivity contribution in [1.82, 2.24) is 0 Å². The molecule has 0 heterocycles. The van der Waals surface area contributed by atoms with Gasteiger partial charge in [0.2, 0.25) is 5.91 Å². The second-order valence-corrected chi connectivity index (χ2v) is 3.89. The first-order chi connectivity index (χ1) is 7.84. The summed E-state index contributed by atoms with van der Waals surface area (Å²) in [6, 6.07) is 2.55. The minimum Gasteiger partial charge on any atom is -0.389 e. The number of rotatable bonds is 4. The van der Waals surface area contributed by atoms with Crippen LogP contribution in [0.4, 0.5) is 14.5 Å². The number of carbonyl (C=O) groups excluding carboxylic acids is 1. The molecule has 17 heavy (non-hydrogen) atoms. The van der Waals surface area contributed by atoms with Crippen molar-refractivity contribution < 1.29 is 13.6 Å². The molecule has 0 radical (unpaired) electrons. The molecule has 4 nitrogen and oxygen atoms in total. The van der Waals surface area contributed by atoms with E-state index in [1.54, 1.807) is 0 Å². The van der Waals surface area contributed by atoms with Crippen molar-refractivity contribution in [2.45, 2.75) is 0 Å². The van der Waals surface area contributed by atoms with Crippen molar-refractivity contribution >= 4 is 28.8 Å². The van der Waals surface area contributed by atoms with Crippen LogP contribution in [0.1, 0.15) is 5.56 Å². The summed E-state index contributed by atoms with van der Waals surface area (Å²) in [4.78, 5) is 11.6. The molecule has 0 aliphatic carbocycles. The third-order valence-electron chi connectivity index (χ3n) is 2.13. The third kappa shape index (κ3) is 2.88. The fourth-order valence-corrected chi connectivity index (χ4v) is 1.50. The number of nitrogens with zero attached hydrogens (tertiary/aromatic N) is 1. The van der Waals surface area contributed by atoms with Crippen LogP contribution in [0.25, 0.3) is 0 Å². The van der Waals surface area contributed by atoms with E-state index >= 15 is 0 Å². The molecule has 1 aromatic carbocycles. The van der Waals surface area contributed by atoms with E-state index < -0.39 is 17.5 Å². The van der Waals surface area contributed by atoms with Crippen LogP contribution >= 0.6 is 12.2 Å². The number of benzene rings is 1. The fourth-order valence-electron chi connectivity index (χ4n) is 1.34. The van der Waals surface area contributed by atoms with E-state index in [4.69, 9.17) is 11.5 Å². The zero-order valence-corrected chi connectivity index (χ0v) is 9.85. The predicted octanol–water partition coefficient (Wildman–Crippen LogP) is 0.520. The van der Waals surface area contributed by atoms with Crippen LogP contribution in [-0.2, 0) is 4.79 Å². The van der Waals surface area contributed by atoms with Gasteiger partial charge in [-0.15, -0.1) is 0 Å². The average Bonchev–Trinajstić information content (AvgIpc) is 2.20. The van der Waals surface area contributed by atoms with Crippen molar-refractivity contribution in [2.24, 2.45) is 11.5 Å². The minimum atomic E-state index is -1.13. The van der Waals surface area contributed by atoms with Crippen molar-refractivity contribution in [3.8, 4) is 0 Å². The number of thiocarbonyl (C=S) groups is 1. The Kier molecular flexibility index (Phi) is 3.95. The molecule has 1 aromatic rings. The standard InChI is InChI=1S/C10H11F2N3OS/c1-15(4-7(13)16)6-3-2-5(10(14)17)8(11)9(6)12/h2-3H,4H2,1H3,(H2,13,16)(H2,14,17). The van der Waals surface area contributed by atoms with Gasteiger partial charge in [0.05, 0.1) is 12.2 Å². The SMILES string of the molecule is CN(CC(N)=O)c1ccc(C(N)=S)c(F)c1F. The number of anilines is 1. The van der Waals surface area contributed by atoms with Crippen molar-refractivity contribution in [1.29, 1.82) is 0 Å². The summed E-state index contributed by atoms with van der Waals surface area (Å²) < 4.78 is 27.2. The van der Waals surface area contributed by atoms with Gasteiger partial charge in [-0.2, -0.15) is 0 Å². The molecule has 0 aliphatic rings. The minimum absolute atomic E-state index is 0.0821. The molecule has 7 heteroatoms. The number of hydrogen-bond donors (Lipinski definition) is 2. The number of hydrogen-bond acceptors (Lipinski definition) is 3. The van der Waals surface area contributed by atoms with E-state index in [2.05, 4.69) is 12.2 Å². The molecule has 0 fully saturated rings. The molecule has 0 saturated heterocycles. The third-order valence-corrected chi connectivity index (χ3v) is 2.35. The lowest BCUT2D eigenvalue weighted by molar-refractivity contribution is -0.116. The van der Waals surface area contributed by atoms with Crippen LogP contribution in [0.3, 0.4) is 0 Å². The maximum absolute atomic E-state index is 13.6. The summed E-state index contributed by atoms with van der Waals surface area (Å²) in [5, 5.41) is 0. The van der Waals surface area contributed by atoms with Crippen molar-refractivity contribution in [3.05, 3.63) is 29.3 Å². The number of carbonyl (C=O) groups is 1. The first kappa shape index (κ1) is 13.3. The van der Waals surface area contributed by atoms with Gasteiger partial charge in [0.25, 0.3) is 0 Å². The van der Waals surface area contributed by atoms with Gasteiger partial charge in [-0.1, -0.05) is 12.2 Å². The number of primary amides is 1. The summed E-state index contributed by atoms with van der Waals surface area (Å²) >= 11 is 4.57. The Labute approximate surface area is 102 Å². The van der Waals surface area contributed by atoms with Crippen LogP contribution in [0.2, 0.25) is 0 Å². The maximum Gasteiger partial charge on any atom is 0.236 e. The van der Waals surface area contributed by atoms with Gasteiger partial charge in [0, 0.05) is 12.6 Å². The molecule has 0 aliphatic heterocycles. The van der Waals surface area contributed by atoms with Crippen LogP contribution in [0.5, 0.6) is 0 Å². The van der Waals surface area contributed by atoms with E-state index in [9.17, 15) is 13.6 Å². The number of likely N-dealkylation sites (N-methyl/N-ethyl adjacent to an activating group) is 1. The molecule has 0 spiro atoms. The monoisotopic (exact) mass is 259 g/mol. The normalized spacial score (nSPS) is 10.1. The molecule has 0 bridgehead atoms. The quantitative estimate of drug-likeness (QED) is 0.773. The Hall–Kier alpha value is -1.76. The Balaban J connectivity index is 3.16. The molecule has 1 amide bonds. The summed E-state index contributed by atoms with van der Waals surface area (Å²) in [5.41, 5.74) is 9.93. The highest BCUT2D eigenvalue weighted by atomic mass is 32.1. The molecule has 0 atom stereocenters. The zero-order chi connectivity index (χ0) is 13.2. The molecule has 0 saturated carbocycles. The van der Waals surface area contributed by atoms with Gasteiger partial charge < -0.3 is 16.4 Å². The van der Waals surface area contributed by atoms with Crippen LogP contribution in [0, 0.1) is 11.6 Å². The predicted molar refractivity (Wildman–Crippen MR) is 64.7 cm³/mol. The summed E-state index contributed by atoms with van der Waals surface area (Å²) in [6.07, 6.45) is 0. The van der Waals surface area contributed by atoms with Crippen molar-refractivity contribution in [3.63, 3.8) is 0 Å². The smallest absolute Gasteiger partial charge is 0.236 e. The molecule has 0 aromatic heterocycles. The average molecular weight is 259 g/mol. The van der Waals surface area contributed by atoms with E-state index in [0.29, 0.717) is 0 Å². The Morgan fingerprint density at radius 3 is 2.41 bits per heavy atom. The summed E-state index contributed by atoms with van der Waals surface area (Å²) in [6.45, 7) is -0.219. The van der Waals surface area contributed by atoms with Crippen LogP contribution < -0.4 is 16.4 Å². The molecule has 1 rings (SSSR count). The maximum atomic E-state index is 13.6. The largest absolute Gasteiger partial charge is 0.389 e. The van der Waals surface area contributed by atoms with Crippen LogP contribution in [-0.4, -0.2) is 24.5 Å². The number of amides is 1. The Morgan fingerprint density at radius 2 is 1.94 bits per heavy atom. The van der Waals surface area contributed by atoms with Gasteiger partial charge in [-0.05, 0) is 12.1 Å². The van der Waals surface area contributed by atoms with E-state index in [1.807, 2.05) is 0 Å². The van der Waals surface area contributed by atoms with Gasteiger partial charge in [0.15, 0.2) is 11.6 Å². The zero-order valence-electron chi connectivity index (χ0n) is 9.04. The van der Waals surface area contributed by atoms with E-state index in [-0.39, 0.29) is 22.8 Å². The van der Waals surface area contributed by atoms with E-state index in [1.165, 1.54) is 24.1 Å². The lowest BCUT2D eigenvalue weighted by Crippen LogP contribution is -2.31. The fraction of sp³-hybridized carbons (Fsp3) is 0.200. The number of halogens is 2. The van der Waals surface area contributed by atoms with Gasteiger partial charge in [-0.25, -0.2) is 8.78 Å². The first-order valence-electron chi connectivity index (χ1n) is 4.61. The molecular formula is C10H11F2N3OS. The lowest BCUT2D eigenvalue weighted by atomic mass is 10.1. The molecular weight excluding hydrogens is 248 g/mol. The highest BCUT2D eigenvalue weighted by Gasteiger charge is 2.17. The molecule has 92 valence electrons. The molecule has 0 unspecified atom stereocenters. The van der Waals surface area contributed by atoms with E-state index in [0.717, 1.165) is 0 Å². The van der Waals surface area contributed by atoms with Crippen LogP contribution in [0.15, 0.2) is 12.1 Å².